The fourth-order valence-electron chi connectivity index (χ4n) is 2.24. The average Bonchev–Trinajstić information content (AvgIpc) is 3.09. The molecule has 118 valence electrons. The molecule has 23 heavy (non-hydrogen) atoms. The van der Waals surface area contributed by atoms with Gasteiger partial charge in [-0.15, -0.1) is 0 Å². The SMILES string of the molecule is Cc1ccnn1CC(=O)Nc1cnn(Cc2cccc(F)c2)c1. The molecule has 0 aliphatic rings. The lowest BCUT2D eigenvalue weighted by atomic mass is 10.2. The summed E-state index contributed by atoms with van der Waals surface area (Å²) in [6.45, 7) is 2.47. The smallest absolute Gasteiger partial charge is 0.246 e. The molecule has 0 bridgehead atoms. The van der Waals surface area contributed by atoms with Crippen LogP contribution in [0.2, 0.25) is 0 Å². The third-order valence-electron chi connectivity index (χ3n) is 3.37. The molecule has 1 amide bonds. The monoisotopic (exact) mass is 313 g/mol. The van der Waals surface area contributed by atoms with Gasteiger partial charge >= 0.3 is 0 Å². The summed E-state index contributed by atoms with van der Waals surface area (Å²) in [5.74, 6) is -0.458. The Morgan fingerprint density at radius 1 is 1.30 bits per heavy atom. The van der Waals surface area contributed by atoms with Crippen LogP contribution in [-0.4, -0.2) is 25.5 Å². The van der Waals surface area contributed by atoms with E-state index in [1.807, 2.05) is 19.1 Å². The van der Waals surface area contributed by atoms with Gasteiger partial charge in [-0.05, 0) is 30.7 Å². The van der Waals surface area contributed by atoms with E-state index in [1.165, 1.54) is 12.1 Å². The van der Waals surface area contributed by atoms with E-state index >= 15 is 0 Å². The molecule has 0 spiro atoms. The Balaban J connectivity index is 1.61. The van der Waals surface area contributed by atoms with Crippen molar-refractivity contribution in [3.63, 3.8) is 0 Å². The van der Waals surface area contributed by atoms with Crippen LogP contribution in [0.15, 0.2) is 48.9 Å². The molecule has 3 rings (SSSR count). The molecule has 1 N–H and O–H groups in total. The molecule has 0 unspecified atom stereocenters. The van der Waals surface area contributed by atoms with Crippen molar-refractivity contribution in [1.29, 1.82) is 0 Å². The van der Waals surface area contributed by atoms with Crippen molar-refractivity contribution >= 4 is 11.6 Å². The fraction of sp³-hybridized carbons (Fsp3) is 0.188. The number of carbonyl (C=O) groups is 1. The van der Waals surface area contributed by atoms with Crippen molar-refractivity contribution in [2.45, 2.75) is 20.0 Å². The third kappa shape index (κ3) is 3.82. The van der Waals surface area contributed by atoms with Gasteiger partial charge in [0.25, 0.3) is 0 Å². The molecule has 3 aromatic rings. The van der Waals surface area contributed by atoms with Crippen LogP contribution in [0.4, 0.5) is 10.1 Å². The van der Waals surface area contributed by atoms with Gasteiger partial charge in [-0.1, -0.05) is 12.1 Å². The standard InChI is InChI=1S/C16H16FN5O/c1-12-5-6-18-22(12)11-16(23)20-15-8-19-21(10-15)9-13-3-2-4-14(17)7-13/h2-8,10H,9,11H2,1H3,(H,20,23). The Labute approximate surface area is 132 Å². The van der Waals surface area contributed by atoms with Crippen molar-refractivity contribution in [2.24, 2.45) is 0 Å². The van der Waals surface area contributed by atoms with Gasteiger partial charge in [-0.2, -0.15) is 10.2 Å². The summed E-state index contributed by atoms with van der Waals surface area (Å²) in [7, 11) is 0. The lowest BCUT2D eigenvalue weighted by Gasteiger charge is -2.04. The van der Waals surface area contributed by atoms with Gasteiger partial charge in [0.2, 0.25) is 5.91 Å². The number of nitrogens with one attached hydrogen (secondary N) is 1. The molecule has 0 aliphatic heterocycles. The molecule has 7 heteroatoms. The molecule has 0 saturated carbocycles. The van der Waals surface area contributed by atoms with E-state index < -0.39 is 0 Å². The zero-order valence-electron chi connectivity index (χ0n) is 12.6. The van der Waals surface area contributed by atoms with Gasteiger partial charge in [0.15, 0.2) is 0 Å². The molecule has 6 nitrogen and oxygen atoms in total. The summed E-state index contributed by atoms with van der Waals surface area (Å²) in [4.78, 5) is 12.0. The zero-order valence-corrected chi connectivity index (χ0v) is 12.6. The van der Waals surface area contributed by atoms with E-state index in [2.05, 4.69) is 15.5 Å². The highest BCUT2D eigenvalue weighted by molar-refractivity contribution is 5.90. The van der Waals surface area contributed by atoms with Crippen LogP contribution in [0, 0.1) is 12.7 Å². The topological polar surface area (TPSA) is 64.7 Å². The second-order valence-corrected chi connectivity index (χ2v) is 5.23. The number of hydrogen-bond acceptors (Lipinski definition) is 3. The fourth-order valence-corrected chi connectivity index (χ4v) is 2.24. The van der Waals surface area contributed by atoms with E-state index in [1.54, 1.807) is 34.0 Å². The molecule has 0 saturated heterocycles. The molecule has 0 aliphatic carbocycles. The Bertz CT molecular complexity index is 823. The molecular weight excluding hydrogens is 297 g/mol. The van der Waals surface area contributed by atoms with E-state index in [9.17, 15) is 9.18 Å². The Morgan fingerprint density at radius 2 is 2.17 bits per heavy atom. The number of benzene rings is 1. The van der Waals surface area contributed by atoms with Crippen LogP contribution in [0.1, 0.15) is 11.3 Å². The van der Waals surface area contributed by atoms with E-state index in [0.717, 1.165) is 11.3 Å². The number of nitrogens with zero attached hydrogens (tertiary/aromatic N) is 4. The molecule has 2 heterocycles. The summed E-state index contributed by atoms with van der Waals surface area (Å²) < 4.78 is 16.4. The summed E-state index contributed by atoms with van der Waals surface area (Å²) in [6, 6.07) is 8.17. The average molecular weight is 313 g/mol. The quantitative estimate of drug-likeness (QED) is 0.785. The number of carbonyl (C=O) groups excluding carboxylic acids is 1. The molecule has 0 fully saturated rings. The van der Waals surface area contributed by atoms with Gasteiger partial charge < -0.3 is 5.32 Å². The number of anilines is 1. The predicted octanol–water partition coefficient (Wildman–Crippen LogP) is 2.21. The summed E-state index contributed by atoms with van der Waals surface area (Å²) >= 11 is 0. The van der Waals surface area contributed by atoms with Gasteiger partial charge in [-0.25, -0.2) is 4.39 Å². The van der Waals surface area contributed by atoms with Crippen LogP contribution in [0.25, 0.3) is 0 Å². The second-order valence-electron chi connectivity index (χ2n) is 5.23. The predicted molar refractivity (Wildman–Crippen MR) is 83.3 cm³/mol. The van der Waals surface area contributed by atoms with E-state index in [0.29, 0.717) is 12.2 Å². The van der Waals surface area contributed by atoms with Crippen LogP contribution >= 0.6 is 0 Å². The van der Waals surface area contributed by atoms with Crippen LogP contribution < -0.4 is 5.32 Å². The first-order valence-corrected chi connectivity index (χ1v) is 7.15. The Kier molecular flexibility index (Phi) is 4.18. The van der Waals surface area contributed by atoms with Gasteiger partial charge in [0, 0.05) is 18.1 Å². The van der Waals surface area contributed by atoms with Crippen molar-refractivity contribution in [2.75, 3.05) is 5.32 Å². The number of amides is 1. The van der Waals surface area contributed by atoms with E-state index in [-0.39, 0.29) is 18.3 Å². The van der Waals surface area contributed by atoms with Crippen molar-refractivity contribution < 1.29 is 9.18 Å². The minimum absolute atomic E-state index is 0.147. The van der Waals surface area contributed by atoms with Crippen molar-refractivity contribution in [3.05, 3.63) is 66.0 Å². The number of rotatable bonds is 5. The van der Waals surface area contributed by atoms with Crippen molar-refractivity contribution in [1.82, 2.24) is 19.6 Å². The van der Waals surface area contributed by atoms with Crippen LogP contribution in [0.5, 0.6) is 0 Å². The molecular formula is C16H16FN5O. The first-order valence-electron chi connectivity index (χ1n) is 7.15. The minimum Gasteiger partial charge on any atom is -0.322 e. The third-order valence-corrected chi connectivity index (χ3v) is 3.37. The largest absolute Gasteiger partial charge is 0.322 e. The molecule has 1 aromatic carbocycles. The second kappa shape index (κ2) is 6.43. The van der Waals surface area contributed by atoms with Crippen LogP contribution in [-0.2, 0) is 17.9 Å². The van der Waals surface area contributed by atoms with Crippen LogP contribution in [0.3, 0.4) is 0 Å². The summed E-state index contributed by atoms with van der Waals surface area (Å²) in [6.07, 6.45) is 4.92. The first-order chi connectivity index (χ1) is 11.1. The zero-order chi connectivity index (χ0) is 16.2. The number of aromatic nitrogens is 4. The van der Waals surface area contributed by atoms with E-state index in [4.69, 9.17) is 0 Å². The maximum atomic E-state index is 13.2. The highest BCUT2D eigenvalue weighted by Gasteiger charge is 2.08. The summed E-state index contributed by atoms with van der Waals surface area (Å²) in [5, 5.41) is 11.0. The number of hydrogen-bond donors (Lipinski definition) is 1. The van der Waals surface area contributed by atoms with Gasteiger partial charge in [0.05, 0.1) is 18.4 Å². The molecule has 0 atom stereocenters. The highest BCUT2D eigenvalue weighted by atomic mass is 19.1. The normalized spacial score (nSPS) is 10.7. The summed E-state index contributed by atoms with van der Waals surface area (Å²) in [5.41, 5.74) is 2.32. The van der Waals surface area contributed by atoms with Gasteiger partial charge in [0.1, 0.15) is 12.4 Å². The van der Waals surface area contributed by atoms with Gasteiger partial charge in [-0.3, -0.25) is 14.2 Å². The Morgan fingerprint density at radius 3 is 2.91 bits per heavy atom. The molecule has 2 aromatic heterocycles. The minimum atomic E-state index is -0.280. The highest BCUT2D eigenvalue weighted by Crippen LogP contribution is 2.09. The maximum absolute atomic E-state index is 13.2. The number of halogens is 1. The maximum Gasteiger partial charge on any atom is 0.246 e. The Hall–Kier alpha value is -2.96. The lowest BCUT2D eigenvalue weighted by Crippen LogP contribution is -2.19. The molecule has 0 radical (unpaired) electrons. The van der Waals surface area contributed by atoms with Crippen molar-refractivity contribution in [3.8, 4) is 0 Å². The number of aryl methyl sites for hydroxylation is 1. The lowest BCUT2D eigenvalue weighted by molar-refractivity contribution is -0.116. The first kappa shape index (κ1) is 15.0.